The molecular formula is C23H26BrN3O4S. The molecule has 1 aliphatic carbocycles. The van der Waals surface area contributed by atoms with Crippen LogP contribution in [0.2, 0.25) is 0 Å². The molecule has 3 aliphatic rings. The summed E-state index contributed by atoms with van der Waals surface area (Å²) < 4.78 is 34.9. The normalized spacial score (nSPS) is 19.2. The first kappa shape index (κ1) is 21.7. The molecule has 2 aromatic carbocycles. The Kier molecular flexibility index (Phi) is 5.67. The quantitative estimate of drug-likeness (QED) is 0.606. The summed E-state index contributed by atoms with van der Waals surface area (Å²) in [6.07, 6.45) is 2.48. The average molecular weight is 520 g/mol. The molecule has 0 spiro atoms. The van der Waals surface area contributed by atoms with Gasteiger partial charge in [-0.2, -0.15) is 4.31 Å². The van der Waals surface area contributed by atoms with Crippen LogP contribution in [-0.2, 0) is 21.2 Å². The number of benzene rings is 2. The lowest BCUT2D eigenvalue weighted by atomic mass is 10.2. The lowest BCUT2D eigenvalue weighted by Crippen LogP contribution is -2.49. The van der Waals surface area contributed by atoms with Crippen LogP contribution in [0, 0.1) is 5.92 Å². The summed E-state index contributed by atoms with van der Waals surface area (Å²) in [6, 6.07) is 11.4. The van der Waals surface area contributed by atoms with Crippen LogP contribution < -0.4 is 14.5 Å². The maximum atomic E-state index is 13.7. The number of hydrogen-bond acceptors (Lipinski definition) is 5. The van der Waals surface area contributed by atoms with Crippen LogP contribution in [0.25, 0.3) is 0 Å². The third-order valence-corrected chi connectivity index (χ3v) is 8.85. The Hall–Kier alpha value is -2.10. The Bertz CT molecular complexity index is 1140. The van der Waals surface area contributed by atoms with Gasteiger partial charge in [0.15, 0.2) is 0 Å². The van der Waals surface area contributed by atoms with Gasteiger partial charge >= 0.3 is 0 Å². The number of nitrogens with zero attached hydrogens (tertiary/aromatic N) is 3. The van der Waals surface area contributed by atoms with Gasteiger partial charge < -0.3 is 14.5 Å². The molecule has 0 atom stereocenters. The van der Waals surface area contributed by atoms with E-state index in [0.717, 1.165) is 34.3 Å². The predicted molar refractivity (Wildman–Crippen MR) is 127 cm³/mol. The summed E-state index contributed by atoms with van der Waals surface area (Å²) in [5, 5.41) is 0. The molecule has 1 saturated heterocycles. The van der Waals surface area contributed by atoms with Crippen molar-refractivity contribution in [3.05, 3.63) is 46.4 Å². The van der Waals surface area contributed by atoms with Gasteiger partial charge in [0, 0.05) is 48.8 Å². The smallest absolute Gasteiger partial charge is 0.245 e. The molecule has 170 valence electrons. The standard InChI is InChI=1S/C23H26BrN3O4S/c1-31-20-6-4-19(5-7-20)25-10-12-26(13-11-25)32(29,30)21-15-18(24)14-17-8-9-27(22(17)21)23(28)16-2-3-16/h4-7,14-16H,2-3,8-13H2,1H3. The van der Waals surface area contributed by atoms with Crippen LogP contribution >= 0.6 is 15.9 Å². The van der Waals surface area contributed by atoms with E-state index in [1.165, 1.54) is 0 Å². The number of carbonyl (C=O) groups is 1. The van der Waals surface area contributed by atoms with E-state index in [4.69, 9.17) is 4.74 Å². The third kappa shape index (κ3) is 3.91. The van der Waals surface area contributed by atoms with E-state index in [-0.39, 0.29) is 16.7 Å². The molecule has 2 aliphatic heterocycles. The third-order valence-electron chi connectivity index (χ3n) is 6.48. The Morgan fingerprint density at radius 3 is 2.34 bits per heavy atom. The Morgan fingerprint density at radius 1 is 1.03 bits per heavy atom. The molecule has 9 heteroatoms. The van der Waals surface area contributed by atoms with Crippen molar-refractivity contribution in [1.82, 2.24) is 4.31 Å². The highest BCUT2D eigenvalue weighted by Gasteiger charge is 2.40. The van der Waals surface area contributed by atoms with Gasteiger partial charge in [-0.05, 0) is 61.2 Å². The van der Waals surface area contributed by atoms with Crippen molar-refractivity contribution in [3.63, 3.8) is 0 Å². The molecule has 2 aromatic rings. The number of methoxy groups -OCH3 is 1. The average Bonchev–Trinajstić information content (AvgIpc) is 3.58. The first-order chi connectivity index (χ1) is 15.4. The summed E-state index contributed by atoms with van der Waals surface area (Å²) in [4.78, 5) is 17.0. The van der Waals surface area contributed by atoms with Gasteiger partial charge in [-0.15, -0.1) is 0 Å². The molecule has 0 radical (unpaired) electrons. The number of ether oxygens (including phenoxy) is 1. The molecule has 5 rings (SSSR count). The molecule has 2 heterocycles. The fourth-order valence-electron chi connectivity index (χ4n) is 4.56. The van der Waals surface area contributed by atoms with Crippen molar-refractivity contribution < 1.29 is 17.9 Å². The highest BCUT2D eigenvalue weighted by atomic mass is 79.9. The largest absolute Gasteiger partial charge is 0.497 e. The van der Waals surface area contributed by atoms with Crippen LogP contribution in [0.3, 0.4) is 0 Å². The molecule has 0 aromatic heterocycles. The van der Waals surface area contributed by atoms with Gasteiger partial charge in [0.1, 0.15) is 10.6 Å². The molecule has 1 saturated carbocycles. The summed E-state index contributed by atoms with van der Waals surface area (Å²) >= 11 is 3.48. The second kappa shape index (κ2) is 8.35. The molecule has 2 fully saturated rings. The zero-order valence-electron chi connectivity index (χ0n) is 18.0. The van der Waals surface area contributed by atoms with E-state index in [0.29, 0.717) is 44.8 Å². The molecule has 0 N–H and O–H groups in total. The predicted octanol–water partition coefficient (Wildman–Crippen LogP) is 3.27. The van der Waals surface area contributed by atoms with Crippen LogP contribution in [0.1, 0.15) is 18.4 Å². The second-order valence-electron chi connectivity index (χ2n) is 8.51. The SMILES string of the molecule is COc1ccc(N2CCN(S(=O)(=O)c3cc(Br)cc4c3N(C(=O)C3CC3)CC4)CC2)cc1. The first-order valence-electron chi connectivity index (χ1n) is 10.9. The lowest BCUT2D eigenvalue weighted by Gasteiger charge is -2.36. The van der Waals surface area contributed by atoms with Gasteiger partial charge in [-0.25, -0.2) is 8.42 Å². The highest BCUT2D eigenvalue weighted by Crippen LogP contribution is 2.42. The van der Waals surface area contributed by atoms with Crippen molar-refractivity contribution in [2.75, 3.05) is 49.6 Å². The fraction of sp³-hybridized carbons (Fsp3) is 0.435. The minimum atomic E-state index is -3.74. The number of anilines is 2. The molecule has 1 amide bonds. The van der Waals surface area contributed by atoms with E-state index < -0.39 is 10.0 Å². The number of amides is 1. The highest BCUT2D eigenvalue weighted by molar-refractivity contribution is 9.10. The van der Waals surface area contributed by atoms with Crippen molar-refractivity contribution in [3.8, 4) is 5.75 Å². The van der Waals surface area contributed by atoms with Crippen LogP contribution in [0.4, 0.5) is 11.4 Å². The van der Waals surface area contributed by atoms with Gasteiger partial charge in [-0.3, -0.25) is 4.79 Å². The van der Waals surface area contributed by atoms with Crippen molar-refractivity contribution in [2.45, 2.75) is 24.2 Å². The molecular weight excluding hydrogens is 494 g/mol. The van der Waals surface area contributed by atoms with Crippen molar-refractivity contribution >= 4 is 43.2 Å². The van der Waals surface area contributed by atoms with Gasteiger partial charge in [0.25, 0.3) is 0 Å². The van der Waals surface area contributed by atoms with Gasteiger partial charge in [0.2, 0.25) is 15.9 Å². The Morgan fingerprint density at radius 2 is 1.72 bits per heavy atom. The fourth-order valence-corrected chi connectivity index (χ4v) is 6.90. The van der Waals surface area contributed by atoms with E-state index in [1.54, 1.807) is 22.4 Å². The zero-order valence-corrected chi connectivity index (χ0v) is 20.4. The second-order valence-corrected chi connectivity index (χ2v) is 11.3. The van der Waals surface area contributed by atoms with E-state index >= 15 is 0 Å². The summed E-state index contributed by atoms with van der Waals surface area (Å²) in [6.45, 7) is 2.55. The van der Waals surface area contributed by atoms with E-state index in [9.17, 15) is 13.2 Å². The molecule has 32 heavy (non-hydrogen) atoms. The Balaban J connectivity index is 1.39. The van der Waals surface area contributed by atoms with Crippen LogP contribution in [0.15, 0.2) is 45.8 Å². The van der Waals surface area contributed by atoms with Gasteiger partial charge in [-0.1, -0.05) is 15.9 Å². The van der Waals surface area contributed by atoms with Crippen LogP contribution in [0.5, 0.6) is 5.75 Å². The van der Waals surface area contributed by atoms with Crippen LogP contribution in [-0.4, -0.2) is 58.5 Å². The van der Waals surface area contributed by atoms with Crippen molar-refractivity contribution in [1.29, 1.82) is 0 Å². The molecule has 0 unspecified atom stereocenters. The number of piperazine rings is 1. The molecule has 7 nitrogen and oxygen atoms in total. The minimum absolute atomic E-state index is 0.0493. The number of carbonyl (C=O) groups excluding carboxylic acids is 1. The Labute approximate surface area is 197 Å². The number of halogens is 1. The summed E-state index contributed by atoms with van der Waals surface area (Å²) in [7, 11) is -2.10. The monoisotopic (exact) mass is 519 g/mol. The van der Waals surface area contributed by atoms with Gasteiger partial charge in [0.05, 0.1) is 12.8 Å². The summed E-state index contributed by atoms with van der Waals surface area (Å²) in [5.41, 5.74) is 2.55. The topological polar surface area (TPSA) is 70.2 Å². The number of hydrogen-bond donors (Lipinski definition) is 0. The maximum Gasteiger partial charge on any atom is 0.245 e. The minimum Gasteiger partial charge on any atom is -0.497 e. The van der Waals surface area contributed by atoms with E-state index in [2.05, 4.69) is 20.8 Å². The first-order valence-corrected chi connectivity index (χ1v) is 13.1. The van der Waals surface area contributed by atoms with E-state index in [1.807, 2.05) is 30.3 Å². The summed E-state index contributed by atoms with van der Waals surface area (Å²) in [5.74, 6) is 0.906. The lowest BCUT2D eigenvalue weighted by molar-refractivity contribution is -0.119. The number of sulfonamides is 1. The maximum absolute atomic E-state index is 13.7. The number of rotatable bonds is 5. The zero-order chi connectivity index (χ0) is 22.5. The van der Waals surface area contributed by atoms with Crippen molar-refractivity contribution in [2.24, 2.45) is 5.92 Å². The molecule has 0 bridgehead atoms. The number of fused-ring (bicyclic) bond motifs is 1.